The zero-order valence-electron chi connectivity index (χ0n) is 14.9. The molecular weight excluding hydrogens is 304 g/mol. The molecule has 1 aliphatic rings. The first-order chi connectivity index (χ1) is 11.5. The molecule has 0 spiro atoms. The van der Waals surface area contributed by atoms with E-state index in [2.05, 4.69) is 65.8 Å². The van der Waals surface area contributed by atoms with Crippen molar-refractivity contribution < 1.29 is 9.59 Å². The average Bonchev–Trinajstić information content (AvgIpc) is 2.94. The van der Waals surface area contributed by atoms with Gasteiger partial charge in [0, 0.05) is 37.3 Å². The summed E-state index contributed by atoms with van der Waals surface area (Å²) in [6.45, 7) is 8.96. The molecule has 1 fully saturated rings. The van der Waals surface area contributed by atoms with Crippen LogP contribution in [-0.2, 0) is 16.0 Å². The second kappa shape index (κ2) is 8.08. The number of benzene rings is 1. The van der Waals surface area contributed by atoms with Crippen LogP contribution in [0.2, 0.25) is 0 Å². The Morgan fingerprint density at radius 2 is 1.88 bits per heavy atom. The summed E-state index contributed by atoms with van der Waals surface area (Å²) in [5.41, 5.74) is 3.55. The molecule has 0 saturated carbocycles. The van der Waals surface area contributed by atoms with Crippen molar-refractivity contribution in [1.82, 2.24) is 14.9 Å². The highest BCUT2D eigenvalue weighted by Crippen LogP contribution is 2.25. The molecule has 0 aliphatic carbocycles. The van der Waals surface area contributed by atoms with Crippen LogP contribution in [0.5, 0.6) is 0 Å². The van der Waals surface area contributed by atoms with Crippen molar-refractivity contribution in [3.63, 3.8) is 0 Å². The first-order valence-electron chi connectivity index (χ1n) is 8.45. The lowest BCUT2D eigenvalue weighted by Crippen LogP contribution is -2.55. The number of aromatic nitrogens is 2. The van der Waals surface area contributed by atoms with Gasteiger partial charge in [0.2, 0.25) is 0 Å². The maximum Gasteiger partial charge on any atom is 0.373 e. The van der Waals surface area contributed by atoms with Crippen LogP contribution in [0.25, 0.3) is 11.0 Å². The summed E-state index contributed by atoms with van der Waals surface area (Å²) >= 11 is 0. The SMILES string of the molecule is CCCc1nc2ccc(N3C[C@@H](C)N(C)[C@@H](C)C3)cc2[nH]1.O=C=O. The monoisotopic (exact) mass is 330 g/mol. The van der Waals surface area contributed by atoms with Gasteiger partial charge in [0.25, 0.3) is 0 Å². The Bertz CT molecular complexity index is 694. The summed E-state index contributed by atoms with van der Waals surface area (Å²) in [5.74, 6) is 1.10. The molecule has 2 aromatic rings. The van der Waals surface area contributed by atoms with E-state index in [4.69, 9.17) is 9.59 Å². The van der Waals surface area contributed by atoms with Gasteiger partial charge in [0.15, 0.2) is 0 Å². The van der Waals surface area contributed by atoms with E-state index in [1.54, 1.807) is 0 Å². The maximum absolute atomic E-state index is 8.12. The zero-order chi connectivity index (χ0) is 17.7. The number of H-pyrrole nitrogens is 1. The molecule has 0 bridgehead atoms. The summed E-state index contributed by atoms with van der Waals surface area (Å²) in [6.07, 6.45) is 2.40. The largest absolute Gasteiger partial charge is 0.373 e. The van der Waals surface area contributed by atoms with Crippen LogP contribution in [0.3, 0.4) is 0 Å². The number of imidazole rings is 1. The van der Waals surface area contributed by atoms with E-state index in [0.29, 0.717) is 12.1 Å². The second-order valence-electron chi connectivity index (χ2n) is 6.49. The number of aryl methyl sites for hydroxylation is 1. The minimum Gasteiger partial charge on any atom is -0.368 e. The molecule has 1 aromatic heterocycles. The summed E-state index contributed by atoms with van der Waals surface area (Å²) < 4.78 is 0. The van der Waals surface area contributed by atoms with E-state index in [-0.39, 0.29) is 6.15 Å². The van der Waals surface area contributed by atoms with Crippen LogP contribution >= 0.6 is 0 Å². The van der Waals surface area contributed by atoms with Gasteiger partial charge >= 0.3 is 6.15 Å². The molecule has 0 radical (unpaired) electrons. The first-order valence-corrected chi connectivity index (χ1v) is 8.45. The summed E-state index contributed by atoms with van der Waals surface area (Å²) in [5, 5.41) is 0. The van der Waals surface area contributed by atoms with Gasteiger partial charge in [-0.05, 0) is 45.5 Å². The topological polar surface area (TPSA) is 69.3 Å². The fourth-order valence-corrected chi connectivity index (χ4v) is 3.22. The first kappa shape index (κ1) is 18.2. The number of hydrogen-bond acceptors (Lipinski definition) is 5. The molecule has 3 rings (SSSR count). The lowest BCUT2D eigenvalue weighted by Gasteiger charge is -2.43. The third kappa shape index (κ3) is 4.02. The molecule has 6 nitrogen and oxygen atoms in total. The van der Waals surface area contributed by atoms with Crippen LogP contribution < -0.4 is 4.90 Å². The van der Waals surface area contributed by atoms with Crippen molar-refractivity contribution in [2.24, 2.45) is 0 Å². The number of rotatable bonds is 3. The Balaban J connectivity index is 0.000000647. The van der Waals surface area contributed by atoms with Gasteiger partial charge in [0.05, 0.1) is 11.0 Å². The van der Waals surface area contributed by atoms with E-state index >= 15 is 0 Å². The van der Waals surface area contributed by atoms with Crippen molar-refractivity contribution in [1.29, 1.82) is 0 Å². The lowest BCUT2D eigenvalue weighted by atomic mass is 10.1. The number of aromatic amines is 1. The van der Waals surface area contributed by atoms with Gasteiger partial charge in [-0.25, -0.2) is 4.98 Å². The number of likely N-dealkylation sites (N-methyl/N-ethyl adjacent to an activating group) is 1. The van der Waals surface area contributed by atoms with Gasteiger partial charge in [0.1, 0.15) is 5.82 Å². The van der Waals surface area contributed by atoms with Crippen LogP contribution in [0, 0.1) is 0 Å². The third-order valence-corrected chi connectivity index (χ3v) is 4.73. The van der Waals surface area contributed by atoms with Crippen molar-refractivity contribution in [3.05, 3.63) is 24.0 Å². The molecule has 0 amide bonds. The molecule has 1 N–H and O–H groups in total. The van der Waals surface area contributed by atoms with E-state index in [1.807, 2.05) is 0 Å². The van der Waals surface area contributed by atoms with Crippen LogP contribution in [0.15, 0.2) is 18.2 Å². The number of nitrogens with one attached hydrogen (secondary N) is 1. The zero-order valence-corrected chi connectivity index (χ0v) is 14.9. The maximum atomic E-state index is 8.12. The Morgan fingerprint density at radius 3 is 2.46 bits per heavy atom. The van der Waals surface area contributed by atoms with Crippen molar-refractivity contribution in [3.8, 4) is 0 Å². The van der Waals surface area contributed by atoms with Crippen LogP contribution in [0.4, 0.5) is 5.69 Å². The van der Waals surface area contributed by atoms with E-state index < -0.39 is 0 Å². The molecule has 0 unspecified atom stereocenters. The number of anilines is 1. The summed E-state index contributed by atoms with van der Waals surface area (Å²) in [4.78, 5) is 29.3. The van der Waals surface area contributed by atoms with Crippen molar-refractivity contribution in [2.45, 2.75) is 45.7 Å². The summed E-state index contributed by atoms with van der Waals surface area (Å²) in [7, 11) is 2.22. The molecule has 24 heavy (non-hydrogen) atoms. The predicted molar refractivity (Wildman–Crippen MR) is 94.0 cm³/mol. The minimum absolute atomic E-state index is 0.250. The normalized spacial score (nSPS) is 21.2. The second-order valence-corrected chi connectivity index (χ2v) is 6.49. The van der Waals surface area contributed by atoms with E-state index in [9.17, 15) is 0 Å². The molecule has 2 heterocycles. The molecule has 6 heteroatoms. The number of fused-ring (bicyclic) bond motifs is 1. The van der Waals surface area contributed by atoms with E-state index in [1.165, 1.54) is 5.69 Å². The lowest BCUT2D eigenvalue weighted by molar-refractivity contribution is -0.191. The molecule has 1 aromatic carbocycles. The molecule has 130 valence electrons. The van der Waals surface area contributed by atoms with Gasteiger partial charge in [-0.2, -0.15) is 9.59 Å². The quantitative estimate of drug-likeness (QED) is 0.936. The van der Waals surface area contributed by atoms with Gasteiger partial charge in [-0.1, -0.05) is 6.92 Å². The smallest absolute Gasteiger partial charge is 0.368 e. The van der Waals surface area contributed by atoms with Gasteiger partial charge < -0.3 is 9.88 Å². The summed E-state index contributed by atoms with van der Waals surface area (Å²) in [6, 6.07) is 7.79. The Hall–Kier alpha value is -2.17. The average molecular weight is 330 g/mol. The fraction of sp³-hybridized carbons (Fsp3) is 0.556. The third-order valence-electron chi connectivity index (χ3n) is 4.73. The van der Waals surface area contributed by atoms with Crippen molar-refractivity contribution >= 4 is 22.9 Å². The minimum atomic E-state index is 0.250. The van der Waals surface area contributed by atoms with Gasteiger partial charge in [-0.15, -0.1) is 0 Å². The standard InChI is InChI=1S/C17H26N4.CO2/c1-5-6-17-18-15-8-7-14(9-16(15)19-17)21-10-12(2)20(4)13(3)11-21;2-1-3/h7-9,12-13H,5-6,10-11H2,1-4H3,(H,18,19);/t12-,13+;. The molecule has 1 saturated heterocycles. The highest BCUT2D eigenvalue weighted by atomic mass is 16.2. The number of carbonyl (C=O) groups excluding carboxylic acids is 2. The van der Waals surface area contributed by atoms with E-state index in [0.717, 1.165) is 42.8 Å². The highest BCUT2D eigenvalue weighted by molar-refractivity contribution is 5.79. The highest BCUT2D eigenvalue weighted by Gasteiger charge is 2.26. The number of piperazine rings is 1. The number of hydrogen-bond donors (Lipinski definition) is 1. The molecule has 2 atom stereocenters. The van der Waals surface area contributed by atoms with Crippen LogP contribution in [-0.4, -0.2) is 53.2 Å². The molecular formula is C18H26N4O2. The van der Waals surface area contributed by atoms with Crippen LogP contribution in [0.1, 0.15) is 33.0 Å². The number of nitrogens with zero attached hydrogens (tertiary/aromatic N) is 3. The van der Waals surface area contributed by atoms with Crippen molar-refractivity contribution in [2.75, 3.05) is 25.0 Å². The van der Waals surface area contributed by atoms with Gasteiger partial charge in [-0.3, -0.25) is 4.90 Å². The Labute approximate surface area is 142 Å². The molecule has 1 aliphatic heterocycles. The Morgan fingerprint density at radius 1 is 1.25 bits per heavy atom. The predicted octanol–water partition coefficient (Wildman–Crippen LogP) is 2.46. The Kier molecular flexibility index (Phi) is 6.12. The fourth-order valence-electron chi connectivity index (χ4n) is 3.22.